The van der Waals surface area contributed by atoms with Crippen LogP contribution in [0.5, 0.6) is 0 Å². The zero-order chi connectivity index (χ0) is 21.8. The number of pyridine rings is 1. The molecule has 1 heterocycles. The number of allylic oxidation sites excluding steroid dienone is 1. The van der Waals surface area contributed by atoms with E-state index in [1.165, 1.54) is 12.3 Å². The number of aromatic nitrogens is 1. The van der Waals surface area contributed by atoms with E-state index in [9.17, 15) is 13.6 Å². The monoisotopic (exact) mass is 402 g/mol. The minimum Gasteiger partial charge on any atom is -0.373 e. The van der Waals surface area contributed by atoms with Crippen molar-refractivity contribution in [1.29, 1.82) is 5.26 Å². The van der Waals surface area contributed by atoms with E-state index < -0.39 is 23.6 Å². The Bertz CT molecular complexity index is 864. The Morgan fingerprint density at radius 3 is 2.59 bits per heavy atom. The van der Waals surface area contributed by atoms with Crippen molar-refractivity contribution in [3.63, 3.8) is 0 Å². The molecule has 0 saturated carbocycles. The summed E-state index contributed by atoms with van der Waals surface area (Å²) in [7, 11) is 0. The maximum atomic E-state index is 12.9. The number of hydrogen-bond donors (Lipinski definition) is 2. The van der Waals surface area contributed by atoms with Gasteiger partial charge in [-0.15, -0.1) is 0 Å². The number of halogens is 2. The zero-order valence-corrected chi connectivity index (χ0v) is 16.4. The van der Waals surface area contributed by atoms with Crippen LogP contribution < -0.4 is 11.1 Å². The normalized spacial score (nSPS) is 10.9. The van der Waals surface area contributed by atoms with Crippen LogP contribution in [-0.4, -0.2) is 17.5 Å². The summed E-state index contributed by atoms with van der Waals surface area (Å²) in [4.78, 5) is 14.5. The summed E-state index contributed by atoms with van der Waals surface area (Å²) in [6.45, 7) is 7.66. The Morgan fingerprint density at radius 1 is 1.34 bits per heavy atom. The molecule has 0 spiro atoms. The number of nitrogens with two attached hydrogens (primary N) is 1. The molecule has 29 heavy (non-hydrogen) atoms. The fourth-order valence-corrected chi connectivity index (χ4v) is 2.00. The summed E-state index contributed by atoms with van der Waals surface area (Å²) >= 11 is 0. The molecule has 1 atom stereocenters. The number of rotatable bonds is 8. The van der Waals surface area contributed by atoms with Crippen molar-refractivity contribution in [2.24, 2.45) is 5.73 Å². The summed E-state index contributed by atoms with van der Waals surface area (Å²) in [5, 5.41) is 11.6. The van der Waals surface area contributed by atoms with E-state index in [4.69, 9.17) is 15.7 Å². The van der Waals surface area contributed by atoms with E-state index in [-0.39, 0.29) is 13.0 Å². The van der Waals surface area contributed by atoms with Gasteiger partial charge in [-0.25, -0.2) is 13.8 Å². The number of nitriles is 1. The van der Waals surface area contributed by atoms with Gasteiger partial charge in [-0.05, 0) is 43.2 Å². The lowest BCUT2D eigenvalue weighted by molar-refractivity contribution is -0.119. The van der Waals surface area contributed by atoms with Crippen molar-refractivity contribution in [1.82, 2.24) is 4.98 Å². The SMILES string of the molecule is C=C(CC)Nc1ccc(C#N)cn1.CC(OCCC(N)=O)c1ccc(F)c(F)c1. The number of benzene rings is 1. The minimum absolute atomic E-state index is 0.105. The molecular formula is C21H24F2N4O2. The Labute approximate surface area is 169 Å². The molecule has 0 bridgehead atoms. The molecular weight excluding hydrogens is 378 g/mol. The molecule has 0 aliphatic rings. The number of ether oxygens (including phenoxy) is 1. The highest BCUT2D eigenvalue weighted by Crippen LogP contribution is 2.19. The summed E-state index contributed by atoms with van der Waals surface area (Å²) in [6.07, 6.45) is 2.09. The van der Waals surface area contributed by atoms with Crippen LogP contribution in [-0.2, 0) is 9.53 Å². The van der Waals surface area contributed by atoms with Crippen molar-refractivity contribution in [2.45, 2.75) is 32.8 Å². The predicted molar refractivity (Wildman–Crippen MR) is 107 cm³/mol. The molecule has 3 N–H and O–H groups in total. The summed E-state index contributed by atoms with van der Waals surface area (Å²) < 4.78 is 30.8. The van der Waals surface area contributed by atoms with Gasteiger partial charge in [0.05, 0.1) is 18.3 Å². The number of amides is 1. The third kappa shape index (κ3) is 8.95. The number of anilines is 1. The third-order valence-electron chi connectivity index (χ3n) is 3.75. The Morgan fingerprint density at radius 2 is 2.07 bits per heavy atom. The molecule has 1 amide bonds. The van der Waals surface area contributed by atoms with Crippen LogP contribution >= 0.6 is 0 Å². The van der Waals surface area contributed by atoms with Crippen molar-refractivity contribution in [3.8, 4) is 6.07 Å². The maximum Gasteiger partial charge on any atom is 0.219 e. The van der Waals surface area contributed by atoms with Gasteiger partial charge in [-0.1, -0.05) is 19.6 Å². The number of carbonyl (C=O) groups excluding carboxylic acids is 1. The first-order valence-electron chi connectivity index (χ1n) is 8.92. The molecule has 0 aliphatic heterocycles. The highest BCUT2D eigenvalue weighted by Gasteiger charge is 2.09. The van der Waals surface area contributed by atoms with Gasteiger partial charge >= 0.3 is 0 Å². The van der Waals surface area contributed by atoms with Crippen LogP contribution in [0.1, 0.15) is 43.9 Å². The van der Waals surface area contributed by atoms with Gasteiger partial charge in [0.15, 0.2) is 11.6 Å². The third-order valence-corrected chi connectivity index (χ3v) is 3.75. The smallest absolute Gasteiger partial charge is 0.219 e. The van der Waals surface area contributed by atoms with Gasteiger partial charge in [0, 0.05) is 18.3 Å². The lowest BCUT2D eigenvalue weighted by atomic mass is 10.1. The average molecular weight is 402 g/mol. The van der Waals surface area contributed by atoms with E-state index >= 15 is 0 Å². The molecule has 0 fully saturated rings. The molecule has 1 aromatic carbocycles. The van der Waals surface area contributed by atoms with Crippen molar-refractivity contribution in [3.05, 3.63) is 71.6 Å². The molecule has 0 radical (unpaired) electrons. The molecule has 8 heteroatoms. The first-order valence-corrected chi connectivity index (χ1v) is 8.92. The van der Waals surface area contributed by atoms with E-state index in [1.807, 2.05) is 13.0 Å². The molecule has 1 unspecified atom stereocenters. The average Bonchev–Trinajstić information content (AvgIpc) is 2.70. The molecule has 154 valence electrons. The van der Waals surface area contributed by atoms with E-state index in [0.717, 1.165) is 30.1 Å². The van der Waals surface area contributed by atoms with Crippen molar-refractivity contribution in [2.75, 3.05) is 11.9 Å². The number of nitrogens with zero attached hydrogens (tertiary/aromatic N) is 2. The molecule has 6 nitrogen and oxygen atoms in total. The Kier molecular flexibility index (Phi) is 9.99. The quantitative estimate of drug-likeness (QED) is 0.689. The lowest BCUT2D eigenvalue weighted by Gasteiger charge is -2.12. The van der Waals surface area contributed by atoms with Gasteiger partial charge in [0.1, 0.15) is 11.9 Å². The highest BCUT2D eigenvalue weighted by atomic mass is 19.2. The first kappa shape index (κ1) is 23.7. The topological polar surface area (TPSA) is 101 Å². The van der Waals surface area contributed by atoms with Crippen LogP contribution in [0.15, 0.2) is 48.8 Å². The number of primary amides is 1. The molecule has 1 aromatic heterocycles. The van der Waals surface area contributed by atoms with Crippen molar-refractivity contribution >= 4 is 11.7 Å². The van der Waals surface area contributed by atoms with Crippen molar-refractivity contribution < 1.29 is 18.3 Å². The molecule has 0 saturated heterocycles. The standard InChI is InChI=1S/C11H13F2NO2.C10H11N3/c1-7(16-5-4-11(14)15)8-2-3-9(12)10(13)6-8;1-3-8(2)13-10-5-4-9(6-11)7-12-10/h2-3,6-7H,4-5H2,1H3,(H2,14,15);4-5,7H,2-3H2,1H3,(H,12,13). The fraction of sp³-hybridized carbons (Fsp3) is 0.286. The number of hydrogen-bond acceptors (Lipinski definition) is 5. The van der Waals surface area contributed by atoms with E-state index in [1.54, 1.807) is 19.1 Å². The van der Waals surface area contributed by atoms with Gasteiger partial charge < -0.3 is 15.8 Å². The first-order chi connectivity index (χ1) is 13.8. The Balaban J connectivity index is 0.000000296. The van der Waals surface area contributed by atoms with Gasteiger partial charge in [-0.3, -0.25) is 4.79 Å². The number of carbonyl (C=O) groups is 1. The molecule has 0 aliphatic carbocycles. The van der Waals surface area contributed by atoms with Gasteiger partial charge in [0.2, 0.25) is 5.91 Å². The second kappa shape index (κ2) is 12.2. The van der Waals surface area contributed by atoms with Crippen LogP contribution in [0.3, 0.4) is 0 Å². The van der Waals surface area contributed by atoms with Crippen LogP contribution in [0.2, 0.25) is 0 Å². The van der Waals surface area contributed by atoms with E-state index in [2.05, 4.69) is 16.9 Å². The fourth-order valence-electron chi connectivity index (χ4n) is 2.00. The summed E-state index contributed by atoms with van der Waals surface area (Å²) in [6, 6.07) is 9.04. The lowest BCUT2D eigenvalue weighted by Crippen LogP contribution is -2.14. The number of nitrogens with one attached hydrogen (secondary N) is 1. The van der Waals surface area contributed by atoms with E-state index in [0.29, 0.717) is 11.1 Å². The predicted octanol–water partition coefficient (Wildman–Crippen LogP) is 4.21. The summed E-state index contributed by atoms with van der Waals surface area (Å²) in [5.41, 5.74) is 6.93. The minimum atomic E-state index is -0.914. The maximum absolute atomic E-state index is 12.9. The second-order valence-corrected chi connectivity index (χ2v) is 6.03. The second-order valence-electron chi connectivity index (χ2n) is 6.03. The van der Waals surface area contributed by atoms with Gasteiger partial charge in [0.25, 0.3) is 0 Å². The summed E-state index contributed by atoms with van der Waals surface area (Å²) in [5.74, 6) is -1.54. The van der Waals surface area contributed by atoms with Gasteiger partial charge in [-0.2, -0.15) is 5.26 Å². The van der Waals surface area contributed by atoms with Crippen LogP contribution in [0.4, 0.5) is 14.6 Å². The van der Waals surface area contributed by atoms with Crippen LogP contribution in [0.25, 0.3) is 0 Å². The molecule has 2 rings (SSSR count). The zero-order valence-electron chi connectivity index (χ0n) is 16.4. The Hall–Kier alpha value is -3.31. The highest BCUT2D eigenvalue weighted by molar-refractivity contribution is 5.73. The molecule has 2 aromatic rings. The van der Waals surface area contributed by atoms with Crippen LogP contribution in [0, 0.1) is 23.0 Å². The largest absolute Gasteiger partial charge is 0.373 e.